The predicted octanol–water partition coefficient (Wildman–Crippen LogP) is 6.35. The fraction of sp³-hybridized carbons (Fsp3) is 0.261. The first-order valence-corrected chi connectivity index (χ1v) is 12.5. The zero-order valence-corrected chi connectivity index (χ0v) is 21.2. The van der Waals surface area contributed by atoms with Crippen LogP contribution < -0.4 is 10.1 Å². The van der Waals surface area contributed by atoms with Crippen molar-refractivity contribution in [1.82, 2.24) is 5.32 Å². The molecule has 0 radical (unpaired) electrons. The van der Waals surface area contributed by atoms with E-state index in [1.165, 1.54) is 11.8 Å². The van der Waals surface area contributed by atoms with Gasteiger partial charge in [-0.25, -0.2) is 4.99 Å². The summed E-state index contributed by atoms with van der Waals surface area (Å²) in [5, 5.41) is 3.60. The monoisotopic (exact) mass is 578 g/mol. The summed E-state index contributed by atoms with van der Waals surface area (Å²) < 4.78 is 12.1. The van der Waals surface area contributed by atoms with Crippen LogP contribution in [0.2, 0.25) is 0 Å². The van der Waals surface area contributed by atoms with E-state index in [1.54, 1.807) is 35.9 Å². The van der Waals surface area contributed by atoms with E-state index in [0.29, 0.717) is 38.7 Å². The van der Waals surface area contributed by atoms with E-state index in [-0.39, 0.29) is 5.91 Å². The van der Waals surface area contributed by atoms with Gasteiger partial charge in [0.15, 0.2) is 5.75 Å². The lowest BCUT2D eigenvalue weighted by Crippen LogP contribution is -2.23. The number of carbonyl (C=O) groups is 2. The molecule has 0 unspecified atom stereocenters. The van der Waals surface area contributed by atoms with Crippen LogP contribution in [-0.2, 0) is 24.2 Å². The van der Waals surface area contributed by atoms with Crippen molar-refractivity contribution in [3.05, 3.63) is 66.8 Å². The lowest BCUT2D eigenvalue weighted by molar-refractivity contribution is -0.131. The van der Waals surface area contributed by atoms with Gasteiger partial charge in [0.1, 0.15) is 10.8 Å². The van der Waals surface area contributed by atoms with Crippen molar-refractivity contribution in [2.75, 3.05) is 0 Å². The normalized spacial score (nSPS) is 13.2. The Bertz CT molecular complexity index is 1190. The number of hydrogen-bond acceptors (Lipinski definition) is 6. The van der Waals surface area contributed by atoms with E-state index >= 15 is 0 Å². The molecule has 0 fully saturated rings. The van der Waals surface area contributed by atoms with Gasteiger partial charge >= 0.3 is 5.97 Å². The fourth-order valence-electron chi connectivity index (χ4n) is 3.60. The number of thiophene rings is 1. The maximum atomic E-state index is 13.1. The first kappa shape index (κ1) is 22.9. The minimum Gasteiger partial charge on any atom is -0.467 e. The third-order valence-electron chi connectivity index (χ3n) is 4.99. The smallest absolute Gasteiger partial charge is 0.308 e. The largest absolute Gasteiger partial charge is 0.467 e. The van der Waals surface area contributed by atoms with Gasteiger partial charge < -0.3 is 14.5 Å². The molecule has 0 saturated carbocycles. The Morgan fingerprint density at radius 1 is 1.28 bits per heavy atom. The number of carbonyl (C=O) groups excluding carboxylic acids is 2. The molecule has 4 rings (SSSR count). The van der Waals surface area contributed by atoms with Crippen molar-refractivity contribution in [3.8, 4) is 5.75 Å². The van der Waals surface area contributed by atoms with Crippen LogP contribution in [0, 0.1) is 0 Å². The molecule has 1 aliphatic rings. The molecular formula is C23H20Br2N2O4S. The Morgan fingerprint density at radius 3 is 2.84 bits per heavy atom. The molecule has 1 aromatic carbocycles. The first-order chi connectivity index (χ1) is 15.4. The van der Waals surface area contributed by atoms with Gasteiger partial charge in [-0.3, -0.25) is 9.59 Å². The second-order valence-corrected chi connectivity index (χ2v) is 10.2. The molecule has 166 valence electrons. The van der Waals surface area contributed by atoms with Crippen molar-refractivity contribution in [1.29, 1.82) is 0 Å². The average molecular weight is 580 g/mol. The van der Waals surface area contributed by atoms with Crippen LogP contribution in [-0.4, -0.2) is 18.1 Å². The molecule has 6 nitrogen and oxygen atoms in total. The van der Waals surface area contributed by atoms with Gasteiger partial charge in [0.05, 0.1) is 22.8 Å². The second-order valence-electron chi connectivity index (χ2n) is 7.31. The molecule has 2 aromatic heterocycles. The number of nitrogens with one attached hydrogen (secondary N) is 1. The number of nitrogens with zero attached hydrogens (tertiary/aromatic N) is 1. The molecule has 1 N–H and O–H groups in total. The number of rotatable bonds is 6. The Labute approximate surface area is 206 Å². The van der Waals surface area contributed by atoms with E-state index < -0.39 is 5.97 Å². The molecule has 0 saturated heterocycles. The molecular weight excluding hydrogens is 560 g/mol. The summed E-state index contributed by atoms with van der Waals surface area (Å²) in [7, 11) is 0. The van der Waals surface area contributed by atoms with Gasteiger partial charge in [0.25, 0.3) is 5.91 Å². The van der Waals surface area contributed by atoms with E-state index in [4.69, 9.17) is 9.15 Å². The average Bonchev–Trinajstić information content (AvgIpc) is 3.40. The molecule has 0 spiro atoms. The molecule has 32 heavy (non-hydrogen) atoms. The predicted molar refractivity (Wildman–Crippen MR) is 131 cm³/mol. The number of esters is 1. The molecule has 3 aromatic rings. The van der Waals surface area contributed by atoms with Gasteiger partial charge in [-0.05, 0) is 71.4 Å². The minimum absolute atomic E-state index is 0.163. The number of halogens is 2. The van der Waals surface area contributed by atoms with Gasteiger partial charge in [0, 0.05) is 28.1 Å². The number of aryl methyl sites for hydroxylation is 1. The van der Waals surface area contributed by atoms with Crippen LogP contribution in [0.5, 0.6) is 5.75 Å². The Hall–Kier alpha value is -2.23. The number of aliphatic imine (C=N–C) groups is 1. The Balaban J connectivity index is 1.68. The summed E-state index contributed by atoms with van der Waals surface area (Å²) in [5.74, 6) is 0.489. The second kappa shape index (κ2) is 10.1. The number of fused-ring (bicyclic) bond motifs is 1. The van der Waals surface area contributed by atoms with Gasteiger partial charge in [-0.1, -0.05) is 15.9 Å². The van der Waals surface area contributed by atoms with Crippen LogP contribution in [0.25, 0.3) is 0 Å². The molecule has 1 aliphatic carbocycles. The van der Waals surface area contributed by atoms with Crippen molar-refractivity contribution in [2.24, 2.45) is 4.99 Å². The van der Waals surface area contributed by atoms with Crippen LogP contribution in [0.4, 0.5) is 5.00 Å². The Morgan fingerprint density at radius 2 is 2.09 bits per heavy atom. The highest BCUT2D eigenvalue weighted by Gasteiger charge is 2.25. The highest BCUT2D eigenvalue weighted by Crippen LogP contribution is 2.40. The summed E-state index contributed by atoms with van der Waals surface area (Å²) in [6, 6.07) is 7.23. The van der Waals surface area contributed by atoms with Crippen LogP contribution in [0.1, 0.15) is 51.9 Å². The zero-order chi connectivity index (χ0) is 22.7. The third-order valence-corrected chi connectivity index (χ3v) is 7.23. The summed E-state index contributed by atoms with van der Waals surface area (Å²) in [6.45, 7) is 1.67. The number of benzene rings is 1. The van der Waals surface area contributed by atoms with Gasteiger partial charge in [-0.15, -0.1) is 11.3 Å². The van der Waals surface area contributed by atoms with Gasteiger partial charge in [0.2, 0.25) is 0 Å². The minimum atomic E-state index is -0.424. The lowest BCUT2D eigenvalue weighted by atomic mass is 9.95. The highest BCUT2D eigenvalue weighted by atomic mass is 79.9. The topological polar surface area (TPSA) is 80.9 Å². The van der Waals surface area contributed by atoms with E-state index in [2.05, 4.69) is 42.2 Å². The lowest BCUT2D eigenvalue weighted by Gasteiger charge is -2.12. The fourth-order valence-corrected chi connectivity index (χ4v) is 6.17. The molecule has 2 heterocycles. The van der Waals surface area contributed by atoms with Crippen molar-refractivity contribution >= 4 is 66.3 Å². The first-order valence-electron chi connectivity index (χ1n) is 10.1. The number of hydrogen-bond donors (Lipinski definition) is 1. The molecule has 9 heteroatoms. The summed E-state index contributed by atoms with van der Waals surface area (Å²) in [6.07, 6.45) is 7.20. The summed E-state index contributed by atoms with van der Waals surface area (Å²) in [4.78, 5) is 30.6. The number of furan rings is 1. The molecule has 0 bridgehead atoms. The van der Waals surface area contributed by atoms with E-state index in [1.807, 2.05) is 12.1 Å². The van der Waals surface area contributed by atoms with Crippen LogP contribution >= 0.6 is 43.2 Å². The van der Waals surface area contributed by atoms with Gasteiger partial charge in [-0.2, -0.15) is 0 Å². The molecule has 0 aliphatic heterocycles. The Kier molecular flexibility index (Phi) is 7.27. The number of ether oxygens (including phenoxy) is 1. The van der Waals surface area contributed by atoms with E-state index in [0.717, 1.165) is 35.7 Å². The molecule has 0 atom stereocenters. The van der Waals surface area contributed by atoms with Crippen LogP contribution in [0.3, 0.4) is 0 Å². The number of amides is 1. The van der Waals surface area contributed by atoms with Crippen molar-refractivity contribution in [2.45, 2.75) is 39.2 Å². The molecule has 1 amide bonds. The highest BCUT2D eigenvalue weighted by molar-refractivity contribution is 9.11. The SMILES string of the molecule is CC(=O)Oc1c(Br)cc(Br)cc1C=Nc1sc2c(c1C(=O)NCc1ccco1)CCCC2. The van der Waals surface area contributed by atoms with E-state index in [9.17, 15) is 9.59 Å². The standard InChI is InChI=1S/C23H20Br2N2O4S/c1-13(28)31-21-14(9-15(24)10-18(21)25)11-27-23-20(17-6-2-3-7-19(17)32-23)22(29)26-12-16-5-4-8-30-16/h4-5,8-11H,2-3,6-7,12H2,1H3,(H,26,29). The quantitative estimate of drug-likeness (QED) is 0.209. The van der Waals surface area contributed by atoms with Crippen molar-refractivity contribution in [3.63, 3.8) is 0 Å². The summed E-state index contributed by atoms with van der Waals surface area (Å²) in [5.41, 5.74) is 2.33. The zero-order valence-electron chi connectivity index (χ0n) is 17.2. The maximum Gasteiger partial charge on any atom is 0.308 e. The van der Waals surface area contributed by atoms with Crippen molar-refractivity contribution < 1.29 is 18.7 Å². The third kappa shape index (κ3) is 5.22. The maximum absolute atomic E-state index is 13.1. The summed E-state index contributed by atoms with van der Waals surface area (Å²) >= 11 is 8.45. The van der Waals surface area contributed by atoms with Crippen LogP contribution in [0.15, 0.2) is 48.9 Å².